The van der Waals surface area contributed by atoms with Crippen LogP contribution in [0.5, 0.6) is 0 Å². The van der Waals surface area contributed by atoms with E-state index in [-0.39, 0.29) is 12.0 Å². The van der Waals surface area contributed by atoms with Crippen LogP contribution < -0.4 is 0 Å². The van der Waals surface area contributed by atoms with Crippen molar-refractivity contribution in [3.05, 3.63) is 47.0 Å². The van der Waals surface area contributed by atoms with Gasteiger partial charge in [-0.05, 0) is 30.8 Å². The fourth-order valence-electron chi connectivity index (χ4n) is 1.48. The molecule has 0 aromatic rings. The third-order valence-electron chi connectivity index (χ3n) is 2.97. The Balaban J connectivity index is 4.59. The van der Waals surface area contributed by atoms with Crippen molar-refractivity contribution in [1.29, 1.82) is 0 Å². The Kier molecular flexibility index (Phi) is 10.0. The molecule has 0 fully saturated rings. The first kappa shape index (κ1) is 21.4. The lowest BCUT2D eigenvalue weighted by atomic mass is 10.0. The molecule has 3 nitrogen and oxygen atoms in total. The highest BCUT2D eigenvalue weighted by Gasteiger charge is 2.25. The predicted molar refractivity (Wildman–Crippen MR) is 96.9 cm³/mol. The monoisotopic (exact) mass is 410 g/mol. The second-order valence-corrected chi connectivity index (χ2v) is 6.95. The maximum absolute atomic E-state index is 10.5. The van der Waals surface area contributed by atoms with Crippen LogP contribution in [0.25, 0.3) is 0 Å². The molecule has 0 aliphatic heterocycles. The maximum atomic E-state index is 10.5. The van der Waals surface area contributed by atoms with E-state index in [1.807, 2.05) is 13.0 Å². The van der Waals surface area contributed by atoms with Crippen molar-refractivity contribution in [1.82, 2.24) is 0 Å². The summed E-state index contributed by atoms with van der Waals surface area (Å²) in [5.74, 6) is -1.00. The number of carboxylic acid groups (broad SMARTS) is 1. The Morgan fingerprint density at radius 2 is 2.09 bits per heavy atom. The second-order valence-electron chi connectivity index (χ2n) is 5.13. The summed E-state index contributed by atoms with van der Waals surface area (Å²) < 4.78 is 0. The summed E-state index contributed by atoms with van der Waals surface area (Å²) in [7, 11) is 0. The molecule has 6 heteroatoms. The van der Waals surface area contributed by atoms with Crippen molar-refractivity contribution in [2.24, 2.45) is 0 Å². The van der Waals surface area contributed by atoms with Gasteiger partial charge in [0, 0.05) is 0 Å². The summed E-state index contributed by atoms with van der Waals surface area (Å²) in [6, 6.07) is 0. The number of carboxylic acids is 1. The van der Waals surface area contributed by atoms with Crippen LogP contribution in [0.3, 0.4) is 0 Å². The number of hydrogen-bond donors (Lipinski definition) is 2. The number of carbonyl (C=O) groups is 1. The van der Waals surface area contributed by atoms with E-state index in [1.54, 1.807) is 30.1 Å². The minimum absolute atomic E-state index is 0.239. The van der Waals surface area contributed by atoms with Gasteiger partial charge < -0.3 is 10.2 Å². The third kappa shape index (κ3) is 8.79. The lowest BCUT2D eigenvalue weighted by Gasteiger charge is -2.20. The average molecular weight is 412 g/mol. The molecule has 2 N–H and O–H groups in total. The molecule has 0 radical (unpaired) electrons. The van der Waals surface area contributed by atoms with Gasteiger partial charge in [0.1, 0.15) is 0 Å². The van der Waals surface area contributed by atoms with Crippen LogP contribution in [0.1, 0.15) is 26.7 Å². The third-order valence-corrected chi connectivity index (χ3v) is 4.30. The zero-order valence-corrected chi connectivity index (χ0v) is 15.7. The minimum Gasteiger partial charge on any atom is -0.481 e. The van der Waals surface area contributed by atoms with Crippen molar-refractivity contribution in [3.8, 4) is 0 Å². The van der Waals surface area contributed by atoms with Gasteiger partial charge in [0.25, 0.3) is 0 Å². The van der Waals surface area contributed by atoms with Gasteiger partial charge in [-0.2, -0.15) is 0 Å². The number of hydrogen-bond acceptors (Lipinski definition) is 2. The normalized spacial score (nSPS) is 18.4. The van der Waals surface area contributed by atoms with E-state index in [4.69, 9.17) is 28.3 Å². The number of halogens is 3. The van der Waals surface area contributed by atoms with Crippen LogP contribution in [-0.4, -0.2) is 32.5 Å². The van der Waals surface area contributed by atoms with Gasteiger partial charge in [-0.25, -0.2) is 0 Å². The second kappa shape index (κ2) is 10.3. The molecule has 0 saturated heterocycles. The SMILES string of the molecule is C=C(CC(=O)O)[C@H](O)C/C=C(C)/C=C/[C@H](Cl)[C@@](C)(Cl)/C=C/Br. The fourth-order valence-corrected chi connectivity index (χ4v) is 2.47. The smallest absolute Gasteiger partial charge is 0.307 e. The molecule has 0 unspecified atom stereocenters. The van der Waals surface area contributed by atoms with E-state index < -0.39 is 22.3 Å². The van der Waals surface area contributed by atoms with Crippen LogP contribution in [0, 0.1) is 0 Å². The first-order chi connectivity index (χ1) is 10.1. The van der Waals surface area contributed by atoms with Crippen LogP contribution in [0.15, 0.2) is 47.0 Å². The summed E-state index contributed by atoms with van der Waals surface area (Å²) >= 11 is 15.6. The molecule has 0 spiro atoms. The first-order valence-electron chi connectivity index (χ1n) is 6.63. The van der Waals surface area contributed by atoms with Crippen LogP contribution >= 0.6 is 39.1 Å². The molecular weight excluding hydrogens is 391 g/mol. The molecule has 3 atom stereocenters. The van der Waals surface area contributed by atoms with E-state index in [2.05, 4.69) is 22.5 Å². The molecule has 0 heterocycles. The number of allylic oxidation sites excluding steroid dienone is 4. The van der Waals surface area contributed by atoms with Gasteiger partial charge in [0.2, 0.25) is 0 Å². The Labute approximate surface area is 150 Å². The number of alkyl halides is 2. The van der Waals surface area contributed by atoms with Gasteiger partial charge in [-0.15, -0.1) is 23.2 Å². The van der Waals surface area contributed by atoms with Crippen LogP contribution in [0.4, 0.5) is 0 Å². The molecule has 124 valence electrons. The van der Waals surface area contributed by atoms with Crippen LogP contribution in [-0.2, 0) is 4.79 Å². The fraction of sp³-hybridized carbons (Fsp3) is 0.438. The zero-order chi connectivity index (χ0) is 17.3. The van der Waals surface area contributed by atoms with E-state index in [0.29, 0.717) is 6.42 Å². The largest absolute Gasteiger partial charge is 0.481 e. The molecule has 0 aromatic carbocycles. The van der Waals surface area contributed by atoms with Gasteiger partial charge in [0.15, 0.2) is 0 Å². The van der Waals surface area contributed by atoms with Crippen molar-refractivity contribution in [3.63, 3.8) is 0 Å². The zero-order valence-electron chi connectivity index (χ0n) is 12.6. The van der Waals surface area contributed by atoms with Gasteiger partial charge in [-0.1, -0.05) is 52.4 Å². The molecule has 0 bridgehead atoms. The highest BCUT2D eigenvalue weighted by molar-refractivity contribution is 9.11. The van der Waals surface area contributed by atoms with Gasteiger partial charge in [-0.3, -0.25) is 4.79 Å². The quantitative estimate of drug-likeness (QED) is 0.326. The van der Waals surface area contributed by atoms with E-state index >= 15 is 0 Å². The summed E-state index contributed by atoms with van der Waals surface area (Å²) in [5, 5.41) is 18.0. The molecule has 0 aromatic heterocycles. The summed E-state index contributed by atoms with van der Waals surface area (Å²) in [6.07, 6.45) is 6.31. The number of rotatable bonds is 9. The molecule has 22 heavy (non-hydrogen) atoms. The summed E-state index contributed by atoms with van der Waals surface area (Å²) in [5.41, 5.74) is 1.18. The highest BCUT2D eigenvalue weighted by atomic mass is 79.9. The Morgan fingerprint density at radius 3 is 2.59 bits per heavy atom. The van der Waals surface area contributed by atoms with Crippen molar-refractivity contribution in [2.45, 2.75) is 43.0 Å². The number of aliphatic carboxylic acids is 1. The van der Waals surface area contributed by atoms with Crippen molar-refractivity contribution >= 4 is 45.1 Å². The topological polar surface area (TPSA) is 57.5 Å². The summed E-state index contributed by atoms with van der Waals surface area (Å²) in [4.78, 5) is 11.5. The molecule has 0 aliphatic carbocycles. The van der Waals surface area contributed by atoms with E-state index in [9.17, 15) is 9.90 Å². The highest BCUT2D eigenvalue weighted by Crippen LogP contribution is 2.27. The molecule has 0 amide bonds. The molecule has 0 aliphatic rings. The predicted octanol–water partition coefficient (Wildman–Crippen LogP) is 4.78. The molecule has 0 saturated carbocycles. The first-order valence-corrected chi connectivity index (χ1v) is 8.36. The Hall–Kier alpha value is -0.550. The molecular formula is C16H21BrCl2O3. The Bertz CT molecular complexity index is 482. The van der Waals surface area contributed by atoms with Gasteiger partial charge >= 0.3 is 5.97 Å². The maximum Gasteiger partial charge on any atom is 0.307 e. The van der Waals surface area contributed by atoms with Gasteiger partial charge in [0.05, 0.1) is 22.8 Å². The summed E-state index contributed by atoms with van der Waals surface area (Å²) in [6.45, 7) is 7.23. The molecule has 0 rings (SSSR count). The minimum atomic E-state index is -1.00. The van der Waals surface area contributed by atoms with E-state index in [0.717, 1.165) is 5.57 Å². The lowest BCUT2D eigenvalue weighted by Crippen LogP contribution is -2.24. The van der Waals surface area contributed by atoms with E-state index in [1.165, 1.54) is 0 Å². The lowest BCUT2D eigenvalue weighted by molar-refractivity contribution is -0.136. The number of aliphatic hydroxyl groups excluding tert-OH is 1. The van der Waals surface area contributed by atoms with Crippen molar-refractivity contribution < 1.29 is 15.0 Å². The number of aliphatic hydroxyl groups is 1. The van der Waals surface area contributed by atoms with Crippen molar-refractivity contribution in [2.75, 3.05) is 0 Å². The average Bonchev–Trinajstić information content (AvgIpc) is 2.40. The Morgan fingerprint density at radius 1 is 1.50 bits per heavy atom. The standard InChI is InChI=1S/C16H21BrCl2O3/c1-11(4-6-13(20)12(2)10-15(21)22)5-7-14(18)16(3,19)8-9-17/h4-5,7-9,13-14,20H,2,6,10H2,1,3H3,(H,21,22)/b7-5+,9-8+,11-4+/t13-,14+,16+/m1/s1. The van der Waals surface area contributed by atoms with Crippen LogP contribution in [0.2, 0.25) is 0 Å².